The van der Waals surface area contributed by atoms with E-state index in [9.17, 15) is 4.79 Å². The minimum absolute atomic E-state index is 0.226. The highest BCUT2D eigenvalue weighted by Crippen LogP contribution is 2.27. The van der Waals surface area contributed by atoms with Crippen LogP contribution in [0.25, 0.3) is 0 Å². The minimum atomic E-state index is -0.226. The van der Waals surface area contributed by atoms with E-state index in [4.69, 9.17) is 23.2 Å². The number of amides is 1. The molecule has 4 heteroatoms. The van der Waals surface area contributed by atoms with Gasteiger partial charge in [0, 0.05) is 10.6 Å². The first-order chi connectivity index (χ1) is 8.97. The largest absolute Gasteiger partial charge is 0.320 e. The molecule has 0 heterocycles. The van der Waals surface area contributed by atoms with Crippen LogP contribution in [0.1, 0.15) is 21.5 Å². The fraction of sp³-hybridized carbons (Fsp3) is 0.133. The van der Waals surface area contributed by atoms with Crippen molar-refractivity contribution in [3.8, 4) is 0 Å². The Hall–Kier alpha value is -1.51. The maximum Gasteiger partial charge on any atom is 0.255 e. The van der Waals surface area contributed by atoms with Crippen LogP contribution in [0, 0.1) is 13.8 Å². The molecule has 2 aromatic rings. The molecule has 19 heavy (non-hydrogen) atoms. The van der Waals surface area contributed by atoms with Gasteiger partial charge in [0.2, 0.25) is 0 Å². The van der Waals surface area contributed by atoms with E-state index < -0.39 is 0 Å². The summed E-state index contributed by atoms with van der Waals surface area (Å²) >= 11 is 12.0. The number of rotatable bonds is 2. The molecule has 0 radical (unpaired) electrons. The van der Waals surface area contributed by atoms with Gasteiger partial charge in [0.1, 0.15) is 0 Å². The van der Waals surface area contributed by atoms with Crippen LogP contribution in [0.5, 0.6) is 0 Å². The zero-order valence-electron chi connectivity index (χ0n) is 10.6. The SMILES string of the molecule is Cc1cc(C)c(NC(=O)c2cccc(Cl)c2)c(Cl)c1. The van der Waals surface area contributed by atoms with E-state index in [0.29, 0.717) is 21.3 Å². The Bertz CT molecular complexity index is 615. The van der Waals surface area contributed by atoms with Gasteiger partial charge in [-0.3, -0.25) is 4.79 Å². The fourth-order valence-electron chi connectivity index (χ4n) is 1.89. The molecular formula is C15H13Cl2NO. The van der Waals surface area contributed by atoms with Crippen molar-refractivity contribution in [1.29, 1.82) is 0 Å². The summed E-state index contributed by atoms with van der Waals surface area (Å²) < 4.78 is 0. The highest BCUT2D eigenvalue weighted by molar-refractivity contribution is 6.34. The first-order valence-corrected chi connectivity index (χ1v) is 6.56. The fourth-order valence-corrected chi connectivity index (χ4v) is 2.45. The Morgan fingerprint density at radius 2 is 1.84 bits per heavy atom. The molecule has 0 aromatic heterocycles. The summed E-state index contributed by atoms with van der Waals surface area (Å²) in [6.45, 7) is 3.87. The molecule has 0 atom stereocenters. The van der Waals surface area contributed by atoms with Gasteiger partial charge in [0.05, 0.1) is 10.7 Å². The lowest BCUT2D eigenvalue weighted by molar-refractivity contribution is 0.102. The van der Waals surface area contributed by atoms with Crippen LogP contribution in [0.15, 0.2) is 36.4 Å². The van der Waals surface area contributed by atoms with Crippen LogP contribution in [-0.4, -0.2) is 5.91 Å². The summed E-state index contributed by atoms with van der Waals surface area (Å²) in [6, 6.07) is 10.6. The van der Waals surface area contributed by atoms with Crippen molar-refractivity contribution < 1.29 is 4.79 Å². The number of hydrogen-bond acceptors (Lipinski definition) is 1. The Morgan fingerprint density at radius 3 is 2.47 bits per heavy atom. The van der Waals surface area contributed by atoms with Crippen LogP contribution in [0.2, 0.25) is 10.0 Å². The Morgan fingerprint density at radius 1 is 1.11 bits per heavy atom. The second kappa shape index (κ2) is 5.64. The second-order valence-electron chi connectivity index (χ2n) is 4.40. The van der Waals surface area contributed by atoms with Gasteiger partial charge in [-0.25, -0.2) is 0 Å². The van der Waals surface area contributed by atoms with Gasteiger partial charge < -0.3 is 5.32 Å². The zero-order valence-corrected chi connectivity index (χ0v) is 12.1. The average molecular weight is 294 g/mol. The van der Waals surface area contributed by atoms with E-state index in [1.165, 1.54) is 0 Å². The van der Waals surface area contributed by atoms with Gasteiger partial charge in [-0.15, -0.1) is 0 Å². The van der Waals surface area contributed by atoms with Crippen molar-refractivity contribution in [3.05, 3.63) is 63.1 Å². The Labute approximate surface area is 122 Å². The standard InChI is InChI=1S/C15H13Cl2NO/c1-9-6-10(2)14(13(17)7-9)18-15(19)11-4-3-5-12(16)8-11/h3-8H,1-2H3,(H,18,19). The summed E-state index contributed by atoms with van der Waals surface area (Å²) in [4.78, 5) is 12.1. The van der Waals surface area contributed by atoms with Gasteiger partial charge in [0.15, 0.2) is 0 Å². The third-order valence-electron chi connectivity index (χ3n) is 2.76. The van der Waals surface area contributed by atoms with Gasteiger partial charge >= 0.3 is 0 Å². The van der Waals surface area contributed by atoms with Crippen molar-refractivity contribution in [2.24, 2.45) is 0 Å². The van der Waals surface area contributed by atoms with Crippen molar-refractivity contribution in [1.82, 2.24) is 0 Å². The molecule has 0 spiro atoms. The molecule has 0 unspecified atom stereocenters. The predicted molar refractivity (Wildman–Crippen MR) is 80.3 cm³/mol. The maximum absolute atomic E-state index is 12.1. The van der Waals surface area contributed by atoms with Crippen molar-refractivity contribution in [2.75, 3.05) is 5.32 Å². The molecule has 0 saturated heterocycles. The normalized spacial score (nSPS) is 10.3. The summed E-state index contributed by atoms with van der Waals surface area (Å²) in [7, 11) is 0. The van der Waals surface area contributed by atoms with E-state index >= 15 is 0 Å². The molecule has 0 aliphatic carbocycles. The summed E-state index contributed by atoms with van der Waals surface area (Å²) in [5, 5.41) is 3.88. The van der Waals surface area contributed by atoms with Crippen LogP contribution in [0.4, 0.5) is 5.69 Å². The molecule has 0 saturated carbocycles. The number of aryl methyl sites for hydroxylation is 2. The van der Waals surface area contributed by atoms with Crippen LogP contribution in [0.3, 0.4) is 0 Å². The van der Waals surface area contributed by atoms with Gasteiger partial charge in [-0.2, -0.15) is 0 Å². The van der Waals surface area contributed by atoms with Crippen LogP contribution < -0.4 is 5.32 Å². The van der Waals surface area contributed by atoms with Gasteiger partial charge in [-0.1, -0.05) is 35.3 Å². The molecule has 2 nitrogen and oxygen atoms in total. The summed E-state index contributed by atoms with van der Waals surface area (Å²) in [5.41, 5.74) is 3.13. The minimum Gasteiger partial charge on any atom is -0.320 e. The van der Waals surface area contributed by atoms with Gasteiger partial charge in [-0.05, 0) is 49.2 Å². The molecule has 2 aromatic carbocycles. The molecule has 0 bridgehead atoms. The van der Waals surface area contributed by atoms with E-state index in [1.54, 1.807) is 24.3 Å². The predicted octanol–water partition coefficient (Wildman–Crippen LogP) is 4.86. The average Bonchev–Trinajstić information content (AvgIpc) is 2.33. The lowest BCUT2D eigenvalue weighted by atomic mass is 10.1. The maximum atomic E-state index is 12.1. The quantitative estimate of drug-likeness (QED) is 0.841. The number of anilines is 1. The van der Waals surface area contributed by atoms with Crippen molar-refractivity contribution in [3.63, 3.8) is 0 Å². The number of carbonyl (C=O) groups is 1. The number of hydrogen-bond donors (Lipinski definition) is 1. The van der Waals surface area contributed by atoms with E-state index in [-0.39, 0.29) is 5.91 Å². The zero-order chi connectivity index (χ0) is 14.0. The van der Waals surface area contributed by atoms with Gasteiger partial charge in [0.25, 0.3) is 5.91 Å². The van der Waals surface area contributed by atoms with Crippen molar-refractivity contribution in [2.45, 2.75) is 13.8 Å². The molecule has 1 amide bonds. The molecule has 98 valence electrons. The molecule has 2 rings (SSSR count). The number of benzene rings is 2. The number of carbonyl (C=O) groups excluding carboxylic acids is 1. The number of nitrogens with one attached hydrogen (secondary N) is 1. The van der Waals surface area contributed by atoms with E-state index in [0.717, 1.165) is 11.1 Å². The number of halogens is 2. The highest BCUT2D eigenvalue weighted by atomic mass is 35.5. The van der Waals surface area contributed by atoms with E-state index in [2.05, 4.69) is 5.32 Å². The third kappa shape index (κ3) is 3.28. The third-order valence-corrected chi connectivity index (χ3v) is 3.29. The smallest absolute Gasteiger partial charge is 0.255 e. The van der Waals surface area contributed by atoms with Crippen molar-refractivity contribution >= 4 is 34.8 Å². The molecule has 0 aliphatic heterocycles. The molecule has 0 fully saturated rings. The topological polar surface area (TPSA) is 29.1 Å². The summed E-state index contributed by atoms with van der Waals surface area (Å²) in [5.74, 6) is -0.226. The Kier molecular flexibility index (Phi) is 4.13. The van der Waals surface area contributed by atoms with E-state index in [1.807, 2.05) is 26.0 Å². The Balaban J connectivity index is 2.29. The first-order valence-electron chi connectivity index (χ1n) is 5.81. The second-order valence-corrected chi connectivity index (χ2v) is 5.25. The lowest BCUT2D eigenvalue weighted by Crippen LogP contribution is -2.13. The molecule has 0 aliphatic rings. The molecular weight excluding hydrogens is 281 g/mol. The summed E-state index contributed by atoms with van der Waals surface area (Å²) in [6.07, 6.45) is 0. The van der Waals surface area contributed by atoms with Crippen LogP contribution >= 0.6 is 23.2 Å². The highest BCUT2D eigenvalue weighted by Gasteiger charge is 2.11. The lowest BCUT2D eigenvalue weighted by Gasteiger charge is -2.11. The first kappa shape index (κ1) is 13.9. The molecule has 1 N–H and O–H groups in total. The monoisotopic (exact) mass is 293 g/mol. The van der Waals surface area contributed by atoms with Crippen LogP contribution in [-0.2, 0) is 0 Å².